The number of esters is 1. The zero-order valence-corrected chi connectivity index (χ0v) is 7.14. The van der Waals surface area contributed by atoms with E-state index in [0.29, 0.717) is 4.88 Å². The van der Waals surface area contributed by atoms with Crippen LogP contribution in [0.3, 0.4) is 0 Å². The Labute approximate surface area is 72.2 Å². The minimum absolute atomic E-state index is 0.301. The molecule has 0 atom stereocenters. The third-order valence-corrected chi connectivity index (χ3v) is 2.55. The van der Waals surface area contributed by atoms with Crippen LogP contribution < -0.4 is 0 Å². The molecule has 0 aromatic carbocycles. The third kappa shape index (κ3) is 0.984. The van der Waals surface area contributed by atoms with E-state index in [2.05, 4.69) is 14.9 Å². The maximum Gasteiger partial charge on any atom is 0.348 e. The zero-order valence-electron chi connectivity index (χ0n) is 6.33. The van der Waals surface area contributed by atoms with E-state index in [0.717, 1.165) is 10.2 Å². The van der Waals surface area contributed by atoms with Crippen molar-refractivity contribution in [3.8, 4) is 0 Å². The summed E-state index contributed by atoms with van der Waals surface area (Å²) in [5, 5.41) is 7.55. The van der Waals surface area contributed by atoms with E-state index in [1.807, 2.05) is 0 Å². The van der Waals surface area contributed by atoms with Gasteiger partial charge in [-0.3, -0.25) is 5.10 Å². The van der Waals surface area contributed by atoms with Gasteiger partial charge in [0.15, 0.2) is 0 Å². The number of nitrogens with zero attached hydrogens (tertiary/aromatic N) is 1. The van der Waals surface area contributed by atoms with E-state index >= 15 is 0 Å². The van der Waals surface area contributed by atoms with Crippen LogP contribution in [0.1, 0.15) is 9.67 Å². The molecule has 0 fully saturated rings. The standard InChI is InChI=1S/C7H6N2O2S/c1-11-7(10)5-2-4-3-8-9-6(4)12-5/h2-3H,1H3,(H,8,9). The summed E-state index contributed by atoms with van der Waals surface area (Å²) >= 11 is 1.34. The summed E-state index contributed by atoms with van der Waals surface area (Å²) in [7, 11) is 1.37. The van der Waals surface area contributed by atoms with Crippen LogP contribution in [-0.4, -0.2) is 23.3 Å². The van der Waals surface area contributed by atoms with Gasteiger partial charge in [0.1, 0.15) is 9.71 Å². The number of thiophene rings is 1. The zero-order chi connectivity index (χ0) is 8.55. The molecule has 2 rings (SSSR count). The molecule has 62 valence electrons. The van der Waals surface area contributed by atoms with Crippen molar-refractivity contribution in [3.63, 3.8) is 0 Å². The van der Waals surface area contributed by atoms with Crippen LogP contribution in [0.4, 0.5) is 0 Å². The maximum absolute atomic E-state index is 11.0. The van der Waals surface area contributed by atoms with E-state index < -0.39 is 0 Å². The van der Waals surface area contributed by atoms with E-state index in [1.54, 1.807) is 12.3 Å². The number of methoxy groups -OCH3 is 1. The Bertz CT molecular complexity index is 389. The monoisotopic (exact) mass is 182 g/mol. The van der Waals surface area contributed by atoms with Gasteiger partial charge in [0.2, 0.25) is 0 Å². The summed E-state index contributed by atoms with van der Waals surface area (Å²) in [6.45, 7) is 0. The van der Waals surface area contributed by atoms with E-state index in [4.69, 9.17) is 0 Å². The molecule has 0 aliphatic carbocycles. The SMILES string of the molecule is COC(=O)c1cc2cn[nH]c2s1. The minimum Gasteiger partial charge on any atom is -0.465 e. The molecule has 5 heteroatoms. The van der Waals surface area contributed by atoms with Gasteiger partial charge in [0, 0.05) is 5.39 Å². The first-order valence-corrected chi connectivity index (χ1v) is 4.14. The molecule has 4 nitrogen and oxygen atoms in total. The highest BCUT2D eigenvalue weighted by molar-refractivity contribution is 7.20. The van der Waals surface area contributed by atoms with Gasteiger partial charge in [-0.25, -0.2) is 4.79 Å². The Kier molecular flexibility index (Phi) is 1.58. The number of H-pyrrole nitrogens is 1. The number of hydrogen-bond acceptors (Lipinski definition) is 4. The van der Waals surface area contributed by atoms with Crippen LogP contribution in [0.15, 0.2) is 12.3 Å². The predicted octanol–water partition coefficient (Wildman–Crippen LogP) is 1.41. The fourth-order valence-corrected chi connectivity index (χ4v) is 1.85. The van der Waals surface area contributed by atoms with Crippen molar-refractivity contribution in [1.82, 2.24) is 10.2 Å². The number of hydrogen-bond donors (Lipinski definition) is 1. The molecule has 0 saturated heterocycles. The summed E-state index contributed by atoms with van der Waals surface area (Å²) in [6, 6.07) is 1.76. The van der Waals surface area contributed by atoms with Gasteiger partial charge >= 0.3 is 5.97 Å². The van der Waals surface area contributed by atoms with Gasteiger partial charge in [-0.2, -0.15) is 5.10 Å². The first-order chi connectivity index (χ1) is 5.81. The lowest BCUT2D eigenvalue weighted by Gasteiger charge is -1.90. The van der Waals surface area contributed by atoms with Crippen LogP contribution in [-0.2, 0) is 4.74 Å². The predicted molar refractivity (Wildman–Crippen MR) is 45.3 cm³/mol. The fraction of sp³-hybridized carbons (Fsp3) is 0.143. The molecule has 0 aliphatic rings. The Morgan fingerprint density at radius 1 is 1.75 bits per heavy atom. The molecular weight excluding hydrogens is 176 g/mol. The molecule has 0 bridgehead atoms. The Morgan fingerprint density at radius 2 is 2.58 bits per heavy atom. The van der Waals surface area contributed by atoms with E-state index in [9.17, 15) is 4.79 Å². The van der Waals surface area contributed by atoms with Gasteiger partial charge in [0.05, 0.1) is 13.3 Å². The highest BCUT2D eigenvalue weighted by Crippen LogP contribution is 2.23. The van der Waals surface area contributed by atoms with Gasteiger partial charge in [-0.05, 0) is 6.07 Å². The molecule has 2 aromatic heterocycles. The number of carbonyl (C=O) groups is 1. The molecule has 0 radical (unpaired) electrons. The van der Waals surface area contributed by atoms with Crippen LogP contribution in [0, 0.1) is 0 Å². The highest BCUT2D eigenvalue weighted by Gasteiger charge is 2.10. The van der Waals surface area contributed by atoms with Crippen molar-refractivity contribution in [2.75, 3.05) is 7.11 Å². The quantitative estimate of drug-likeness (QED) is 0.678. The number of rotatable bonds is 1. The van der Waals surface area contributed by atoms with Crippen molar-refractivity contribution in [2.45, 2.75) is 0 Å². The van der Waals surface area contributed by atoms with Crippen LogP contribution in [0.5, 0.6) is 0 Å². The molecule has 0 amide bonds. The molecule has 0 aliphatic heterocycles. The second-order valence-electron chi connectivity index (χ2n) is 2.26. The van der Waals surface area contributed by atoms with Gasteiger partial charge in [-0.15, -0.1) is 11.3 Å². The summed E-state index contributed by atoms with van der Waals surface area (Å²) < 4.78 is 4.57. The van der Waals surface area contributed by atoms with Crippen molar-refractivity contribution >= 4 is 27.5 Å². The lowest BCUT2D eigenvalue weighted by atomic mass is 10.4. The van der Waals surface area contributed by atoms with Crippen LogP contribution in [0.25, 0.3) is 10.2 Å². The topological polar surface area (TPSA) is 55.0 Å². The highest BCUT2D eigenvalue weighted by atomic mass is 32.1. The molecule has 2 aromatic rings. The second kappa shape index (κ2) is 2.60. The van der Waals surface area contributed by atoms with Crippen molar-refractivity contribution in [2.24, 2.45) is 0 Å². The smallest absolute Gasteiger partial charge is 0.348 e. The molecule has 12 heavy (non-hydrogen) atoms. The molecular formula is C7H6N2O2S. The average Bonchev–Trinajstić information content (AvgIpc) is 2.60. The largest absolute Gasteiger partial charge is 0.465 e. The Morgan fingerprint density at radius 3 is 3.25 bits per heavy atom. The summed E-state index contributed by atoms with van der Waals surface area (Å²) in [4.78, 5) is 12.5. The van der Waals surface area contributed by atoms with Crippen LogP contribution >= 0.6 is 11.3 Å². The molecule has 0 spiro atoms. The number of carbonyl (C=O) groups excluding carboxylic acids is 1. The van der Waals surface area contributed by atoms with Gasteiger partial charge in [-0.1, -0.05) is 0 Å². The van der Waals surface area contributed by atoms with E-state index in [1.165, 1.54) is 18.4 Å². The van der Waals surface area contributed by atoms with Crippen LogP contribution in [0.2, 0.25) is 0 Å². The number of aromatic amines is 1. The average molecular weight is 182 g/mol. The normalized spacial score (nSPS) is 10.4. The molecule has 1 N–H and O–H groups in total. The first kappa shape index (κ1) is 7.30. The maximum atomic E-state index is 11.0. The first-order valence-electron chi connectivity index (χ1n) is 3.32. The minimum atomic E-state index is -0.301. The summed E-state index contributed by atoms with van der Waals surface area (Å²) in [6.07, 6.45) is 1.68. The number of ether oxygens (including phenoxy) is 1. The number of aromatic nitrogens is 2. The number of fused-ring (bicyclic) bond motifs is 1. The number of nitrogens with one attached hydrogen (secondary N) is 1. The van der Waals surface area contributed by atoms with Gasteiger partial charge < -0.3 is 4.74 Å². The molecule has 0 saturated carbocycles. The van der Waals surface area contributed by atoms with E-state index in [-0.39, 0.29) is 5.97 Å². The fourth-order valence-electron chi connectivity index (χ4n) is 0.950. The summed E-state index contributed by atoms with van der Waals surface area (Å²) in [5.74, 6) is -0.301. The third-order valence-electron chi connectivity index (χ3n) is 1.52. The Balaban J connectivity index is 2.51. The summed E-state index contributed by atoms with van der Waals surface area (Å²) in [5.41, 5.74) is 0. The van der Waals surface area contributed by atoms with Crippen molar-refractivity contribution in [3.05, 3.63) is 17.1 Å². The van der Waals surface area contributed by atoms with Crippen molar-refractivity contribution in [1.29, 1.82) is 0 Å². The molecule has 2 heterocycles. The lowest BCUT2D eigenvalue weighted by molar-refractivity contribution is 0.0606. The Hall–Kier alpha value is -1.36. The lowest BCUT2D eigenvalue weighted by Crippen LogP contribution is -1.96. The van der Waals surface area contributed by atoms with Gasteiger partial charge in [0.25, 0.3) is 0 Å². The van der Waals surface area contributed by atoms with Crippen molar-refractivity contribution < 1.29 is 9.53 Å². The molecule has 0 unspecified atom stereocenters. The second-order valence-corrected chi connectivity index (χ2v) is 3.31.